The Bertz CT molecular complexity index is 423. The number of carbonyl (C=O) groups is 2. The normalized spacial score (nSPS) is 13.9. The van der Waals surface area contributed by atoms with E-state index < -0.39 is 11.9 Å². The van der Waals surface area contributed by atoms with Crippen molar-refractivity contribution >= 4 is 11.8 Å². The molecular formula is C16H22O3. The third-order valence-electron chi connectivity index (χ3n) is 3.45. The lowest BCUT2D eigenvalue weighted by molar-refractivity contribution is -0.153. The molecule has 0 aliphatic rings. The fourth-order valence-electron chi connectivity index (χ4n) is 1.69. The zero-order valence-electron chi connectivity index (χ0n) is 12.1. The third kappa shape index (κ3) is 4.51. The molecule has 3 heteroatoms. The molecular weight excluding hydrogens is 240 g/mol. The Kier molecular flexibility index (Phi) is 5.74. The summed E-state index contributed by atoms with van der Waals surface area (Å²) in [5.41, 5.74) is 0.924. The van der Waals surface area contributed by atoms with Crippen LogP contribution in [0.2, 0.25) is 0 Å². The second-order valence-corrected chi connectivity index (χ2v) is 5.25. The van der Waals surface area contributed by atoms with E-state index >= 15 is 0 Å². The van der Waals surface area contributed by atoms with Gasteiger partial charge in [0.25, 0.3) is 0 Å². The lowest BCUT2D eigenvalue weighted by Gasteiger charge is -2.18. The fraction of sp³-hybridized carbons (Fsp3) is 0.500. The Balaban J connectivity index is 2.51. The molecule has 2 atom stereocenters. The highest BCUT2D eigenvalue weighted by Crippen LogP contribution is 2.17. The largest absolute Gasteiger partial charge is 0.460 e. The molecule has 1 rings (SSSR count). The van der Waals surface area contributed by atoms with Gasteiger partial charge in [-0.05, 0) is 18.4 Å². The van der Waals surface area contributed by atoms with Crippen LogP contribution >= 0.6 is 0 Å². The Labute approximate surface area is 115 Å². The van der Waals surface area contributed by atoms with Gasteiger partial charge in [-0.2, -0.15) is 0 Å². The van der Waals surface area contributed by atoms with Crippen molar-refractivity contribution in [3.8, 4) is 0 Å². The molecule has 1 aromatic rings. The van der Waals surface area contributed by atoms with E-state index in [0.29, 0.717) is 0 Å². The summed E-state index contributed by atoms with van der Waals surface area (Å²) in [6.07, 6.45) is 0. The number of benzene rings is 1. The third-order valence-corrected chi connectivity index (χ3v) is 3.45. The summed E-state index contributed by atoms with van der Waals surface area (Å²) in [4.78, 5) is 23.9. The summed E-state index contributed by atoms with van der Waals surface area (Å²) in [7, 11) is 0. The summed E-state index contributed by atoms with van der Waals surface area (Å²) in [5.74, 6) is -1.08. The average molecular weight is 262 g/mol. The first-order chi connectivity index (χ1) is 8.93. The molecule has 0 heterocycles. The van der Waals surface area contributed by atoms with Crippen molar-refractivity contribution in [3.63, 3.8) is 0 Å². The van der Waals surface area contributed by atoms with Crippen LogP contribution in [-0.2, 0) is 20.9 Å². The molecule has 3 nitrogen and oxygen atoms in total. The molecule has 0 saturated heterocycles. The van der Waals surface area contributed by atoms with E-state index in [9.17, 15) is 9.59 Å². The van der Waals surface area contributed by atoms with Crippen molar-refractivity contribution in [2.24, 2.45) is 17.8 Å². The topological polar surface area (TPSA) is 43.4 Å². The lowest BCUT2D eigenvalue weighted by atomic mass is 9.87. The number of rotatable bonds is 6. The Morgan fingerprint density at radius 1 is 1.05 bits per heavy atom. The van der Waals surface area contributed by atoms with Crippen LogP contribution in [0.5, 0.6) is 0 Å². The van der Waals surface area contributed by atoms with Crippen LogP contribution in [-0.4, -0.2) is 11.8 Å². The maximum absolute atomic E-state index is 12.0. The van der Waals surface area contributed by atoms with E-state index in [2.05, 4.69) is 0 Å². The van der Waals surface area contributed by atoms with Crippen LogP contribution in [0, 0.1) is 17.8 Å². The first-order valence-electron chi connectivity index (χ1n) is 6.67. The minimum atomic E-state index is -0.693. The molecule has 0 amide bonds. The summed E-state index contributed by atoms with van der Waals surface area (Å²) >= 11 is 0. The molecule has 19 heavy (non-hydrogen) atoms. The van der Waals surface area contributed by atoms with Crippen LogP contribution in [0.1, 0.15) is 33.3 Å². The number of carbonyl (C=O) groups excluding carboxylic acids is 2. The van der Waals surface area contributed by atoms with E-state index in [1.54, 1.807) is 6.92 Å². The number of hydrogen-bond acceptors (Lipinski definition) is 3. The lowest BCUT2D eigenvalue weighted by Crippen LogP contribution is -2.30. The Hall–Kier alpha value is -1.64. The number of ether oxygens (including phenoxy) is 1. The highest BCUT2D eigenvalue weighted by Gasteiger charge is 2.28. The molecule has 0 aromatic heterocycles. The molecule has 2 unspecified atom stereocenters. The van der Waals surface area contributed by atoms with Gasteiger partial charge in [-0.1, -0.05) is 51.1 Å². The van der Waals surface area contributed by atoms with Crippen LogP contribution in [0.25, 0.3) is 0 Å². The van der Waals surface area contributed by atoms with Crippen molar-refractivity contribution in [3.05, 3.63) is 35.9 Å². The van der Waals surface area contributed by atoms with Gasteiger partial charge in [0.05, 0.1) is 0 Å². The number of ketones is 1. The second-order valence-electron chi connectivity index (χ2n) is 5.25. The zero-order valence-corrected chi connectivity index (χ0v) is 12.1. The van der Waals surface area contributed by atoms with E-state index in [1.807, 2.05) is 51.1 Å². The van der Waals surface area contributed by atoms with E-state index in [1.165, 1.54) is 0 Å². The summed E-state index contributed by atoms with van der Waals surface area (Å²) < 4.78 is 5.18. The van der Waals surface area contributed by atoms with Gasteiger partial charge in [0.1, 0.15) is 18.3 Å². The maximum Gasteiger partial charge on any atom is 0.316 e. The molecule has 0 bridgehead atoms. The summed E-state index contributed by atoms with van der Waals surface area (Å²) in [5, 5.41) is 0. The molecule has 104 valence electrons. The van der Waals surface area contributed by atoms with Gasteiger partial charge in [0.2, 0.25) is 0 Å². The van der Waals surface area contributed by atoms with E-state index in [-0.39, 0.29) is 24.2 Å². The molecule has 0 aliphatic heterocycles. The van der Waals surface area contributed by atoms with Gasteiger partial charge in [0, 0.05) is 5.92 Å². The maximum atomic E-state index is 12.0. The van der Waals surface area contributed by atoms with Gasteiger partial charge in [-0.15, -0.1) is 0 Å². The van der Waals surface area contributed by atoms with Crippen LogP contribution in [0.4, 0.5) is 0 Å². The fourth-order valence-corrected chi connectivity index (χ4v) is 1.69. The van der Waals surface area contributed by atoms with Gasteiger partial charge in [0.15, 0.2) is 0 Å². The minimum absolute atomic E-state index is 0.0481. The van der Waals surface area contributed by atoms with Crippen molar-refractivity contribution in [1.82, 2.24) is 0 Å². The summed E-state index contributed by atoms with van der Waals surface area (Å²) in [6.45, 7) is 7.64. The predicted octanol–water partition coefficient (Wildman–Crippen LogP) is 3.23. The summed E-state index contributed by atoms with van der Waals surface area (Å²) in [6, 6.07) is 9.45. The van der Waals surface area contributed by atoms with E-state index in [0.717, 1.165) is 5.56 Å². The molecule has 0 radical (unpaired) electrons. The predicted molar refractivity (Wildman–Crippen MR) is 74.4 cm³/mol. The number of esters is 1. The van der Waals surface area contributed by atoms with Crippen molar-refractivity contribution in [2.75, 3.05) is 0 Å². The quantitative estimate of drug-likeness (QED) is 0.584. The van der Waals surface area contributed by atoms with Crippen LogP contribution in [0.3, 0.4) is 0 Å². The van der Waals surface area contributed by atoms with Crippen molar-refractivity contribution < 1.29 is 14.3 Å². The van der Waals surface area contributed by atoms with Crippen molar-refractivity contribution in [1.29, 1.82) is 0 Å². The first kappa shape index (κ1) is 15.4. The molecule has 1 aromatic carbocycles. The molecule has 0 aliphatic carbocycles. The van der Waals surface area contributed by atoms with Crippen LogP contribution in [0.15, 0.2) is 30.3 Å². The number of Topliss-reactive ketones (excluding diaryl/α,β-unsaturated/α-hetero) is 1. The van der Waals surface area contributed by atoms with Crippen LogP contribution < -0.4 is 0 Å². The van der Waals surface area contributed by atoms with Gasteiger partial charge < -0.3 is 4.74 Å². The van der Waals surface area contributed by atoms with Gasteiger partial charge in [-0.3, -0.25) is 9.59 Å². The van der Waals surface area contributed by atoms with Gasteiger partial charge >= 0.3 is 5.97 Å². The van der Waals surface area contributed by atoms with Gasteiger partial charge in [-0.25, -0.2) is 0 Å². The highest BCUT2D eigenvalue weighted by molar-refractivity contribution is 5.99. The Morgan fingerprint density at radius 2 is 1.63 bits per heavy atom. The SMILES string of the molecule is CC(C(=O)OCc1ccccc1)C(=O)C(C)C(C)C. The average Bonchev–Trinajstić information content (AvgIpc) is 2.43. The second kappa shape index (κ2) is 7.07. The smallest absolute Gasteiger partial charge is 0.316 e. The standard InChI is InChI=1S/C16H22O3/c1-11(2)12(3)15(17)13(4)16(18)19-10-14-8-6-5-7-9-14/h5-9,11-13H,10H2,1-4H3. The minimum Gasteiger partial charge on any atom is -0.460 e. The number of hydrogen-bond donors (Lipinski definition) is 0. The highest BCUT2D eigenvalue weighted by atomic mass is 16.5. The molecule has 0 fully saturated rings. The monoisotopic (exact) mass is 262 g/mol. The Morgan fingerprint density at radius 3 is 2.16 bits per heavy atom. The van der Waals surface area contributed by atoms with E-state index in [4.69, 9.17) is 4.74 Å². The molecule has 0 saturated carbocycles. The first-order valence-corrected chi connectivity index (χ1v) is 6.67. The molecule has 0 spiro atoms. The zero-order chi connectivity index (χ0) is 14.4. The van der Waals surface area contributed by atoms with Crippen molar-refractivity contribution in [2.45, 2.75) is 34.3 Å². The molecule has 0 N–H and O–H groups in total.